The number of rotatable bonds is 2. The molecule has 0 saturated heterocycles. The van der Waals surface area contributed by atoms with Crippen molar-refractivity contribution in [1.82, 2.24) is 5.32 Å². The maximum Gasteiger partial charge on any atom is 0.407 e. The minimum atomic E-state index is -0.422. The number of amides is 1. The molecular formula is C13H24N2O2. The molecule has 17 heavy (non-hydrogen) atoms. The maximum atomic E-state index is 11.8. The number of carbonyl (C=O) groups is 1. The zero-order valence-corrected chi connectivity index (χ0v) is 11.0. The number of ether oxygens (including phenoxy) is 1. The largest absolute Gasteiger partial charge is 0.444 e. The first kappa shape index (κ1) is 12.7. The summed E-state index contributed by atoms with van der Waals surface area (Å²) in [6.45, 7) is 6.41. The predicted octanol–water partition coefficient (Wildman–Crippen LogP) is 1.88. The van der Waals surface area contributed by atoms with Gasteiger partial charge in [-0.1, -0.05) is 0 Å². The van der Waals surface area contributed by atoms with Gasteiger partial charge in [0.2, 0.25) is 0 Å². The van der Waals surface area contributed by atoms with Crippen molar-refractivity contribution in [3.05, 3.63) is 0 Å². The zero-order chi connectivity index (χ0) is 12.6. The molecule has 4 atom stereocenters. The van der Waals surface area contributed by atoms with Crippen LogP contribution in [0.2, 0.25) is 0 Å². The fourth-order valence-electron chi connectivity index (χ4n) is 3.41. The van der Waals surface area contributed by atoms with Gasteiger partial charge in [-0.15, -0.1) is 0 Å². The van der Waals surface area contributed by atoms with Gasteiger partial charge in [0, 0.05) is 6.04 Å². The predicted molar refractivity (Wildman–Crippen MR) is 66.5 cm³/mol. The van der Waals surface area contributed by atoms with Gasteiger partial charge in [0.1, 0.15) is 5.60 Å². The van der Waals surface area contributed by atoms with E-state index in [1.165, 1.54) is 19.3 Å². The zero-order valence-electron chi connectivity index (χ0n) is 11.0. The summed E-state index contributed by atoms with van der Waals surface area (Å²) in [5, 5.41) is 3.05. The van der Waals surface area contributed by atoms with Crippen LogP contribution in [0.25, 0.3) is 0 Å². The Balaban J connectivity index is 1.90. The van der Waals surface area contributed by atoms with Gasteiger partial charge in [0.25, 0.3) is 0 Å². The van der Waals surface area contributed by atoms with Crippen molar-refractivity contribution >= 4 is 6.09 Å². The molecule has 0 aromatic carbocycles. The first-order valence-electron chi connectivity index (χ1n) is 6.60. The highest BCUT2D eigenvalue weighted by atomic mass is 16.6. The summed E-state index contributed by atoms with van der Waals surface area (Å²) in [7, 11) is 0. The molecule has 2 aliphatic carbocycles. The summed E-state index contributed by atoms with van der Waals surface area (Å²) in [4.78, 5) is 11.8. The minimum absolute atomic E-state index is 0.280. The third-order valence-corrected chi connectivity index (χ3v) is 4.04. The second-order valence-corrected chi connectivity index (χ2v) is 6.40. The molecule has 4 heteroatoms. The fourth-order valence-corrected chi connectivity index (χ4v) is 3.41. The highest BCUT2D eigenvalue weighted by Gasteiger charge is 2.48. The van der Waals surface area contributed by atoms with Gasteiger partial charge >= 0.3 is 6.09 Å². The molecule has 0 aliphatic heterocycles. The Labute approximate surface area is 103 Å². The number of carbonyl (C=O) groups excluding carboxylic acids is 1. The van der Waals surface area contributed by atoms with Crippen molar-refractivity contribution in [3.63, 3.8) is 0 Å². The number of hydrogen-bond acceptors (Lipinski definition) is 3. The summed E-state index contributed by atoms with van der Waals surface area (Å²) < 4.78 is 5.31. The van der Waals surface area contributed by atoms with Crippen LogP contribution in [0, 0.1) is 17.8 Å². The standard InChI is InChI=1S/C13H24N2O2/c1-13(2,3)17-12(16)15-11-8-4-5-10(11)9(6-8)7-14/h8-11H,4-7,14H2,1-3H3,(H,15,16)/t8-,9-,10-,11-/m0/s1. The lowest BCUT2D eigenvalue weighted by Crippen LogP contribution is -2.42. The molecule has 3 N–H and O–H groups in total. The second-order valence-electron chi connectivity index (χ2n) is 6.40. The first-order chi connectivity index (χ1) is 7.90. The van der Waals surface area contributed by atoms with Crippen LogP contribution in [0.3, 0.4) is 0 Å². The second kappa shape index (κ2) is 4.48. The van der Waals surface area contributed by atoms with Crippen LogP contribution in [-0.4, -0.2) is 24.3 Å². The number of alkyl carbamates (subject to hydrolysis) is 1. The number of nitrogens with two attached hydrogens (primary N) is 1. The van der Waals surface area contributed by atoms with E-state index in [0.29, 0.717) is 23.8 Å². The lowest BCUT2D eigenvalue weighted by atomic mass is 9.89. The molecule has 2 bridgehead atoms. The van der Waals surface area contributed by atoms with Gasteiger partial charge in [-0.05, 0) is 64.3 Å². The van der Waals surface area contributed by atoms with Crippen LogP contribution in [0.5, 0.6) is 0 Å². The van der Waals surface area contributed by atoms with Crippen LogP contribution in [0.15, 0.2) is 0 Å². The van der Waals surface area contributed by atoms with Crippen LogP contribution >= 0.6 is 0 Å². The Morgan fingerprint density at radius 1 is 1.41 bits per heavy atom. The molecule has 98 valence electrons. The average molecular weight is 240 g/mol. The van der Waals surface area contributed by atoms with E-state index in [-0.39, 0.29) is 6.09 Å². The third kappa shape index (κ3) is 2.73. The molecule has 0 heterocycles. The molecule has 4 nitrogen and oxygen atoms in total. The molecule has 2 rings (SSSR count). The normalized spacial score (nSPS) is 36.0. The molecule has 0 spiro atoms. The van der Waals surface area contributed by atoms with Crippen LogP contribution in [0.4, 0.5) is 4.79 Å². The Morgan fingerprint density at radius 2 is 2.12 bits per heavy atom. The van der Waals surface area contributed by atoms with E-state index in [1.807, 2.05) is 20.8 Å². The topological polar surface area (TPSA) is 64.3 Å². The molecule has 2 fully saturated rings. The molecule has 0 aromatic rings. The highest BCUT2D eigenvalue weighted by Crippen LogP contribution is 2.48. The SMILES string of the molecule is CC(C)(C)OC(=O)N[C@H]1[C@H]2CC[C@H]1[C@H](CN)C2. The number of hydrogen-bond donors (Lipinski definition) is 2. The summed E-state index contributed by atoms with van der Waals surface area (Å²) in [6.07, 6.45) is 3.31. The van der Waals surface area contributed by atoms with E-state index in [9.17, 15) is 4.79 Å². The average Bonchev–Trinajstić information content (AvgIpc) is 2.72. The molecule has 0 unspecified atom stereocenters. The number of fused-ring (bicyclic) bond motifs is 2. The quantitative estimate of drug-likeness (QED) is 0.774. The lowest BCUT2D eigenvalue weighted by molar-refractivity contribution is 0.0489. The third-order valence-electron chi connectivity index (χ3n) is 4.04. The van der Waals surface area contributed by atoms with Crippen molar-refractivity contribution in [2.75, 3.05) is 6.54 Å². The van der Waals surface area contributed by atoms with Crippen molar-refractivity contribution in [2.24, 2.45) is 23.5 Å². The van der Waals surface area contributed by atoms with E-state index >= 15 is 0 Å². The van der Waals surface area contributed by atoms with E-state index in [2.05, 4.69) is 5.32 Å². The van der Waals surface area contributed by atoms with Gasteiger partial charge in [-0.25, -0.2) is 4.79 Å². The Morgan fingerprint density at radius 3 is 2.65 bits per heavy atom. The van der Waals surface area contributed by atoms with Crippen molar-refractivity contribution in [3.8, 4) is 0 Å². The maximum absolute atomic E-state index is 11.8. The molecule has 0 aromatic heterocycles. The first-order valence-corrected chi connectivity index (χ1v) is 6.60. The van der Waals surface area contributed by atoms with Crippen molar-refractivity contribution in [2.45, 2.75) is 51.7 Å². The van der Waals surface area contributed by atoms with E-state index in [0.717, 1.165) is 6.54 Å². The molecular weight excluding hydrogens is 216 g/mol. The van der Waals surface area contributed by atoms with Gasteiger partial charge in [-0.2, -0.15) is 0 Å². The van der Waals surface area contributed by atoms with Crippen LogP contribution < -0.4 is 11.1 Å². The van der Waals surface area contributed by atoms with Gasteiger partial charge in [-0.3, -0.25) is 0 Å². The highest BCUT2D eigenvalue weighted by molar-refractivity contribution is 5.68. The summed E-state index contributed by atoms with van der Waals surface area (Å²) in [5.74, 6) is 1.77. The number of nitrogens with one attached hydrogen (secondary N) is 1. The van der Waals surface area contributed by atoms with Gasteiger partial charge in [0.15, 0.2) is 0 Å². The summed E-state index contributed by atoms with van der Waals surface area (Å²) in [5.41, 5.74) is 5.35. The lowest BCUT2D eigenvalue weighted by Gasteiger charge is -2.24. The molecule has 0 radical (unpaired) electrons. The molecule has 2 saturated carbocycles. The molecule has 1 amide bonds. The summed E-state index contributed by atoms with van der Waals surface area (Å²) >= 11 is 0. The molecule has 2 aliphatic rings. The van der Waals surface area contributed by atoms with E-state index in [1.54, 1.807) is 0 Å². The van der Waals surface area contributed by atoms with Crippen LogP contribution in [0.1, 0.15) is 40.0 Å². The Bertz CT molecular complexity index is 298. The van der Waals surface area contributed by atoms with Crippen molar-refractivity contribution < 1.29 is 9.53 Å². The minimum Gasteiger partial charge on any atom is -0.444 e. The summed E-state index contributed by atoms with van der Waals surface area (Å²) in [6, 6.07) is 0.290. The Hall–Kier alpha value is -0.770. The smallest absolute Gasteiger partial charge is 0.407 e. The van der Waals surface area contributed by atoms with Gasteiger partial charge < -0.3 is 15.8 Å². The fraction of sp³-hybridized carbons (Fsp3) is 0.923. The van der Waals surface area contributed by atoms with Crippen LogP contribution in [-0.2, 0) is 4.74 Å². The van der Waals surface area contributed by atoms with Gasteiger partial charge in [0.05, 0.1) is 0 Å². The van der Waals surface area contributed by atoms with E-state index in [4.69, 9.17) is 10.5 Å². The van der Waals surface area contributed by atoms with E-state index < -0.39 is 5.60 Å². The Kier molecular flexibility index (Phi) is 3.34. The monoisotopic (exact) mass is 240 g/mol. The van der Waals surface area contributed by atoms with Crippen molar-refractivity contribution in [1.29, 1.82) is 0 Å².